The highest BCUT2D eigenvalue weighted by Crippen LogP contribution is 2.36. The van der Waals surface area contributed by atoms with E-state index in [1.54, 1.807) is 66.7 Å². The van der Waals surface area contributed by atoms with E-state index >= 15 is 0 Å². The molecule has 7 heteroatoms. The van der Waals surface area contributed by atoms with E-state index in [9.17, 15) is 9.59 Å². The second-order valence-electron chi connectivity index (χ2n) is 6.34. The van der Waals surface area contributed by atoms with Gasteiger partial charge in [0.1, 0.15) is 0 Å². The van der Waals surface area contributed by atoms with Gasteiger partial charge in [-0.05, 0) is 71.9 Å². The number of aliphatic imine (C=N–C) groups is 1. The van der Waals surface area contributed by atoms with Crippen molar-refractivity contribution in [2.75, 3.05) is 4.90 Å². The molecule has 0 aromatic heterocycles. The van der Waals surface area contributed by atoms with E-state index in [-0.39, 0.29) is 11.1 Å². The van der Waals surface area contributed by atoms with Crippen LogP contribution < -0.4 is 4.90 Å². The van der Waals surface area contributed by atoms with Crippen LogP contribution in [0.25, 0.3) is 6.08 Å². The highest BCUT2D eigenvalue weighted by molar-refractivity contribution is 8.19. The molecule has 0 saturated carbocycles. The van der Waals surface area contributed by atoms with Gasteiger partial charge in [0, 0.05) is 15.6 Å². The summed E-state index contributed by atoms with van der Waals surface area (Å²) in [5.41, 5.74) is 1.85. The number of benzene rings is 3. The molecule has 2 amide bonds. The van der Waals surface area contributed by atoms with Crippen molar-refractivity contribution in [3.8, 4) is 0 Å². The monoisotopic (exact) mass is 452 g/mol. The average molecular weight is 453 g/mol. The maximum absolute atomic E-state index is 13.2. The van der Waals surface area contributed by atoms with Gasteiger partial charge in [0.15, 0.2) is 5.17 Å². The lowest BCUT2D eigenvalue weighted by Crippen LogP contribution is -2.29. The minimum absolute atomic E-state index is 0.267. The van der Waals surface area contributed by atoms with Gasteiger partial charge in [-0.2, -0.15) is 4.99 Å². The van der Waals surface area contributed by atoms with E-state index in [4.69, 9.17) is 23.2 Å². The van der Waals surface area contributed by atoms with Crippen LogP contribution in [-0.4, -0.2) is 17.0 Å². The van der Waals surface area contributed by atoms with Crippen molar-refractivity contribution in [3.05, 3.63) is 105 Å². The van der Waals surface area contributed by atoms with Crippen molar-refractivity contribution in [2.24, 2.45) is 4.99 Å². The quantitative estimate of drug-likeness (QED) is 0.437. The number of carbonyl (C=O) groups excluding carboxylic acids is 2. The summed E-state index contributed by atoms with van der Waals surface area (Å²) in [5, 5.41) is 1.45. The Morgan fingerprint density at radius 2 is 1.47 bits per heavy atom. The molecule has 0 atom stereocenters. The highest BCUT2D eigenvalue weighted by Gasteiger charge is 2.35. The molecule has 30 heavy (non-hydrogen) atoms. The molecule has 3 aromatic rings. The van der Waals surface area contributed by atoms with Crippen LogP contribution in [0.15, 0.2) is 88.8 Å². The Morgan fingerprint density at radius 3 is 2.10 bits per heavy atom. The van der Waals surface area contributed by atoms with Gasteiger partial charge in [-0.1, -0.05) is 53.5 Å². The molecule has 3 aromatic carbocycles. The van der Waals surface area contributed by atoms with E-state index in [1.807, 2.05) is 18.2 Å². The molecule has 0 aliphatic carbocycles. The standard InChI is InChI=1S/C23H14Cl2N2O2S/c24-17-8-6-15(7-9-17)14-20-22(29)27(19-12-10-18(25)11-13-19)23(30-20)26-21(28)16-4-2-1-3-5-16/h1-14H/b20-14-,26-23?. The van der Waals surface area contributed by atoms with Crippen LogP contribution in [0.2, 0.25) is 10.0 Å². The highest BCUT2D eigenvalue weighted by atomic mass is 35.5. The SMILES string of the molecule is O=C(N=C1S/C(=C\c2ccc(Cl)cc2)C(=O)N1c1ccc(Cl)cc1)c1ccccc1. The number of amides is 2. The molecule has 1 fully saturated rings. The average Bonchev–Trinajstić information content (AvgIpc) is 3.05. The molecule has 1 heterocycles. The molecule has 1 aliphatic rings. The fourth-order valence-corrected chi connectivity index (χ4v) is 4.04. The van der Waals surface area contributed by atoms with Crippen LogP contribution >= 0.6 is 35.0 Å². The summed E-state index contributed by atoms with van der Waals surface area (Å²) in [6, 6.07) is 22.7. The van der Waals surface area contributed by atoms with Crippen molar-refractivity contribution < 1.29 is 9.59 Å². The van der Waals surface area contributed by atoms with Gasteiger partial charge >= 0.3 is 0 Å². The molecule has 0 unspecified atom stereocenters. The topological polar surface area (TPSA) is 49.7 Å². The lowest BCUT2D eigenvalue weighted by Gasteiger charge is -2.15. The van der Waals surface area contributed by atoms with Gasteiger partial charge in [-0.3, -0.25) is 14.5 Å². The van der Waals surface area contributed by atoms with Gasteiger partial charge in [0.25, 0.3) is 11.8 Å². The number of hydrogen-bond acceptors (Lipinski definition) is 3. The zero-order valence-corrected chi connectivity index (χ0v) is 17.8. The fourth-order valence-electron chi connectivity index (χ4n) is 2.81. The number of rotatable bonds is 3. The van der Waals surface area contributed by atoms with Crippen LogP contribution in [0, 0.1) is 0 Å². The Kier molecular flexibility index (Phi) is 6.04. The largest absolute Gasteiger partial charge is 0.279 e. The van der Waals surface area contributed by atoms with Crippen LogP contribution in [0.1, 0.15) is 15.9 Å². The van der Waals surface area contributed by atoms with Crippen molar-refractivity contribution >= 4 is 63.7 Å². The smallest absolute Gasteiger partial charge is 0.268 e. The Bertz CT molecular complexity index is 1160. The van der Waals surface area contributed by atoms with Gasteiger partial charge in [-0.15, -0.1) is 0 Å². The first-order valence-electron chi connectivity index (χ1n) is 8.94. The zero-order chi connectivity index (χ0) is 21.1. The maximum atomic E-state index is 13.2. The van der Waals surface area contributed by atoms with Crippen molar-refractivity contribution in [1.29, 1.82) is 0 Å². The van der Waals surface area contributed by atoms with Gasteiger partial charge in [0.2, 0.25) is 0 Å². The van der Waals surface area contributed by atoms with E-state index < -0.39 is 5.91 Å². The molecule has 4 rings (SSSR count). The lowest BCUT2D eigenvalue weighted by molar-refractivity contribution is -0.113. The van der Waals surface area contributed by atoms with Crippen molar-refractivity contribution in [1.82, 2.24) is 0 Å². The molecule has 148 valence electrons. The first-order valence-corrected chi connectivity index (χ1v) is 10.5. The number of nitrogens with zero attached hydrogens (tertiary/aromatic N) is 2. The summed E-state index contributed by atoms with van der Waals surface area (Å²) in [6.07, 6.45) is 1.75. The fraction of sp³-hybridized carbons (Fsp3) is 0. The molecule has 0 spiro atoms. The first kappa shape index (κ1) is 20.4. The summed E-state index contributed by atoms with van der Waals surface area (Å²) >= 11 is 13.1. The number of halogens is 2. The van der Waals surface area contributed by atoms with E-state index in [0.717, 1.165) is 17.3 Å². The second kappa shape index (κ2) is 8.88. The predicted octanol–water partition coefficient (Wildman–Crippen LogP) is 6.31. The predicted molar refractivity (Wildman–Crippen MR) is 124 cm³/mol. The molecular weight excluding hydrogens is 439 g/mol. The van der Waals surface area contributed by atoms with Crippen molar-refractivity contribution in [3.63, 3.8) is 0 Å². The van der Waals surface area contributed by atoms with E-state index in [1.165, 1.54) is 4.90 Å². The molecule has 1 saturated heterocycles. The van der Waals surface area contributed by atoms with Crippen LogP contribution in [0.3, 0.4) is 0 Å². The molecule has 0 N–H and O–H groups in total. The van der Waals surface area contributed by atoms with Crippen molar-refractivity contribution in [2.45, 2.75) is 0 Å². The Balaban J connectivity index is 1.74. The zero-order valence-electron chi connectivity index (χ0n) is 15.5. The molecule has 4 nitrogen and oxygen atoms in total. The lowest BCUT2D eigenvalue weighted by atomic mass is 10.2. The first-order chi connectivity index (χ1) is 14.5. The normalized spacial score (nSPS) is 16.5. The molecule has 1 aliphatic heterocycles. The molecule has 0 bridgehead atoms. The molecule has 0 radical (unpaired) electrons. The summed E-state index contributed by atoms with van der Waals surface area (Å²) in [5.74, 6) is -0.686. The third kappa shape index (κ3) is 4.49. The number of carbonyl (C=O) groups is 2. The Labute approximate surface area is 187 Å². The number of thioether (sulfide) groups is 1. The minimum Gasteiger partial charge on any atom is -0.268 e. The summed E-state index contributed by atoms with van der Waals surface area (Å²) in [4.78, 5) is 31.9. The van der Waals surface area contributed by atoms with Gasteiger partial charge in [0.05, 0.1) is 10.6 Å². The minimum atomic E-state index is -0.419. The summed E-state index contributed by atoms with van der Waals surface area (Å²) in [6.45, 7) is 0. The van der Waals surface area contributed by atoms with Crippen LogP contribution in [-0.2, 0) is 4.79 Å². The second-order valence-corrected chi connectivity index (χ2v) is 8.23. The van der Waals surface area contributed by atoms with Crippen LogP contribution in [0.4, 0.5) is 5.69 Å². The molecular formula is C23H14Cl2N2O2S. The number of amidine groups is 1. The summed E-state index contributed by atoms with van der Waals surface area (Å²) < 4.78 is 0. The van der Waals surface area contributed by atoms with E-state index in [2.05, 4.69) is 4.99 Å². The third-order valence-corrected chi connectivity index (χ3v) is 5.75. The third-order valence-electron chi connectivity index (χ3n) is 4.28. The van der Waals surface area contributed by atoms with Crippen LogP contribution in [0.5, 0.6) is 0 Å². The maximum Gasteiger partial charge on any atom is 0.279 e. The van der Waals surface area contributed by atoms with Gasteiger partial charge < -0.3 is 0 Å². The Hall–Kier alpha value is -2.86. The number of hydrogen-bond donors (Lipinski definition) is 0. The van der Waals surface area contributed by atoms with E-state index in [0.29, 0.717) is 26.2 Å². The summed E-state index contributed by atoms with van der Waals surface area (Å²) in [7, 11) is 0. The van der Waals surface area contributed by atoms with Gasteiger partial charge in [-0.25, -0.2) is 0 Å². The Morgan fingerprint density at radius 1 is 0.867 bits per heavy atom. The number of anilines is 1.